The maximum Gasteiger partial charge on any atom is 0.254 e. The van der Waals surface area contributed by atoms with Gasteiger partial charge in [-0.1, -0.05) is 35.9 Å². The lowest BCUT2D eigenvalue weighted by Gasteiger charge is -2.41. The lowest BCUT2D eigenvalue weighted by molar-refractivity contribution is 0.0357. The zero-order valence-electron chi connectivity index (χ0n) is 18.4. The number of nitrogens with zero attached hydrogens (tertiary/aromatic N) is 4. The number of benzene rings is 2. The summed E-state index contributed by atoms with van der Waals surface area (Å²) in [7, 11) is 0. The average molecular weight is 429 g/mol. The van der Waals surface area contributed by atoms with E-state index in [0.29, 0.717) is 30.8 Å². The second-order valence-corrected chi connectivity index (χ2v) is 8.79. The summed E-state index contributed by atoms with van der Waals surface area (Å²) >= 11 is 0. The maximum absolute atomic E-state index is 13.4. The smallest absolute Gasteiger partial charge is 0.254 e. The van der Waals surface area contributed by atoms with Crippen molar-refractivity contribution in [3.05, 3.63) is 89.0 Å². The Balaban J connectivity index is 1.51. The van der Waals surface area contributed by atoms with Crippen molar-refractivity contribution in [2.24, 2.45) is 5.41 Å². The zero-order valence-corrected chi connectivity index (χ0v) is 18.4. The fourth-order valence-electron chi connectivity index (χ4n) is 4.63. The van der Waals surface area contributed by atoms with E-state index >= 15 is 0 Å². The molecule has 1 aliphatic rings. The maximum atomic E-state index is 13.4. The van der Waals surface area contributed by atoms with Gasteiger partial charge in [0.25, 0.3) is 5.91 Å². The molecule has 0 atom stereocenters. The number of aryl methyl sites for hydroxylation is 1. The lowest BCUT2D eigenvalue weighted by atomic mass is 9.74. The second kappa shape index (κ2) is 9.37. The largest absolute Gasteiger partial charge is 0.396 e. The molecule has 6 heteroatoms. The number of rotatable bonds is 6. The molecule has 2 aromatic carbocycles. The first kappa shape index (κ1) is 21.8. The van der Waals surface area contributed by atoms with Gasteiger partial charge in [-0.05, 0) is 43.9 Å². The van der Waals surface area contributed by atoms with E-state index in [1.54, 1.807) is 30.7 Å². The van der Waals surface area contributed by atoms with Crippen LogP contribution in [0.3, 0.4) is 0 Å². The fourth-order valence-corrected chi connectivity index (χ4v) is 4.63. The molecule has 32 heavy (non-hydrogen) atoms. The average Bonchev–Trinajstić information content (AvgIpc) is 3.32. The van der Waals surface area contributed by atoms with E-state index in [1.165, 1.54) is 11.1 Å². The number of amides is 1. The summed E-state index contributed by atoms with van der Waals surface area (Å²) in [6.45, 7) is 3.79. The number of nitriles is 1. The van der Waals surface area contributed by atoms with Crippen LogP contribution in [0.25, 0.3) is 0 Å². The number of hydrogen-bond acceptors (Lipinski definition) is 4. The number of piperidine rings is 1. The predicted octanol–water partition coefficient (Wildman–Crippen LogP) is 3.57. The van der Waals surface area contributed by atoms with Gasteiger partial charge in [-0.15, -0.1) is 0 Å². The van der Waals surface area contributed by atoms with Crippen LogP contribution in [0.4, 0.5) is 0 Å². The standard InChI is InChI=1S/C26H28N4O2/c1-20-4-2-5-21(14-20)15-26(18-31)8-11-30(12-9-26)25(32)23-7-3-6-22(16-27)24(23)17-29-13-10-28-19-29/h2-7,10,13-14,19,31H,8-9,11-12,15,17-18H2,1H3. The molecule has 4 rings (SSSR count). The van der Waals surface area contributed by atoms with E-state index in [1.807, 2.05) is 15.7 Å². The number of imidazole rings is 1. The topological polar surface area (TPSA) is 82.1 Å². The van der Waals surface area contributed by atoms with Crippen molar-refractivity contribution in [3.63, 3.8) is 0 Å². The Hall–Kier alpha value is -3.43. The highest BCUT2D eigenvalue weighted by atomic mass is 16.3. The lowest BCUT2D eigenvalue weighted by Crippen LogP contribution is -2.45. The molecule has 6 nitrogen and oxygen atoms in total. The summed E-state index contributed by atoms with van der Waals surface area (Å²) in [6, 6.07) is 15.9. The zero-order chi connectivity index (χ0) is 22.6. The van der Waals surface area contributed by atoms with Crippen molar-refractivity contribution >= 4 is 5.91 Å². The van der Waals surface area contributed by atoms with E-state index in [2.05, 4.69) is 42.2 Å². The molecule has 0 saturated carbocycles. The Bertz CT molecular complexity index is 1120. The molecule has 3 aromatic rings. The van der Waals surface area contributed by atoms with Crippen LogP contribution >= 0.6 is 0 Å². The van der Waals surface area contributed by atoms with Gasteiger partial charge in [0.15, 0.2) is 0 Å². The summed E-state index contributed by atoms with van der Waals surface area (Å²) in [5.41, 5.74) is 4.02. The third-order valence-corrected chi connectivity index (χ3v) is 6.54. The molecule has 0 unspecified atom stereocenters. The molecule has 0 radical (unpaired) electrons. The van der Waals surface area contributed by atoms with E-state index in [9.17, 15) is 15.2 Å². The molecule has 1 N–H and O–H groups in total. The highest BCUT2D eigenvalue weighted by Gasteiger charge is 2.36. The minimum Gasteiger partial charge on any atom is -0.396 e. The minimum atomic E-state index is -0.210. The quantitative estimate of drug-likeness (QED) is 0.651. The van der Waals surface area contributed by atoms with Gasteiger partial charge in [0.05, 0.1) is 24.5 Å². The van der Waals surface area contributed by atoms with Gasteiger partial charge >= 0.3 is 0 Å². The molecule has 1 aliphatic heterocycles. The Morgan fingerprint density at radius 2 is 2.00 bits per heavy atom. The van der Waals surface area contributed by atoms with Crippen molar-refractivity contribution in [1.82, 2.24) is 14.5 Å². The molecule has 1 aromatic heterocycles. The molecular weight excluding hydrogens is 400 g/mol. The monoisotopic (exact) mass is 428 g/mol. The summed E-state index contributed by atoms with van der Waals surface area (Å²) in [5, 5.41) is 19.8. The number of aromatic nitrogens is 2. The van der Waals surface area contributed by atoms with Gasteiger partial charge < -0.3 is 14.6 Å². The summed E-state index contributed by atoms with van der Waals surface area (Å²) in [5.74, 6) is -0.0562. The molecule has 0 spiro atoms. The molecule has 1 amide bonds. The van der Waals surface area contributed by atoms with E-state index in [4.69, 9.17) is 0 Å². The SMILES string of the molecule is Cc1cccc(CC2(CO)CCN(C(=O)c3cccc(C#N)c3Cn3ccnc3)CC2)c1. The van der Waals surface area contributed by atoms with E-state index in [-0.39, 0.29) is 17.9 Å². The Morgan fingerprint density at radius 3 is 2.66 bits per heavy atom. The molecule has 1 fully saturated rings. The number of hydrogen-bond donors (Lipinski definition) is 1. The van der Waals surface area contributed by atoms with Crippen molar-refractivity contribution in [2.75, 3.05) is 19.7 Å². The highest BCUT2D eigenvalue weighted by Crippen LogP contribution is 2.35. The summed E-state index contributed by atoms with van der Waals surface area (Å²) in [6.07, 6.45) is 7.50. The van der Waals surface area contributed by atoms with Crippen LogP contribution in [0.5, 0.6) is 0 Å². The predicted molar refractivity (Wildman–Crippen MR) is 122 cm³/mol. The highest BCUT2D eigenvalue weighted by molar-refractivity contribution is 5.96. The van der Waals surface area contributed by atoms with Crippen LogP contribution in [-0.2, 0) is 13.0 Å². The first-order valence-electron chi connectivity index (χ1n) is 11.0. The minimum absolute atomic E-state index is 0.0562. The molecular formula is C26H28N4O2. The first-order valence-corrected chi connectivity index (χ1v) is 11.0. The normalized spacial score (nSPS) is 15.3. The number of likely N-dealkylation sites (tertiary alicyclic amines) is 1. The third kappa shape index (κ3) is 4.58. The van der Waals surface area contributed by atoms with Gasteiger partial charge in [0, 0.05) is 48.6 Å². The first-order chi connectivity index (χ1) is 15.5. The van der Waals surface area contributed by atoms with Gasteiger partial charge in [-0.2, -0.15) is 5.26 Å². The molecule has 1 saturated heterocycles. The molecule has 0 bridgehead atoms. The van der Waals surface area contributed by atoms with Crippen LogP contribution in [0, 0.1) is 23.7 Å². The molecule has 164 valence electrons. The van der Waals surface area contributed by atoms with Gasteiger partial charge in [0.2, 0.25) is 0 Å². The van der Waals surface area contributed by atoms with Crippen molar-refractivity contribution in [3.8, 4) is 6.07 Å². The Kier molecular flexibility index (Phi) is 6.38. The second-order valence-electron chi connectivity index (χ2n) is 8.79. The van der Waals surface area contributed by atoms with Crippen molar-refractivity contribution < 1.29 is 9.90 Å². The fraction of sp³-hybridized carbons (Fsp3) is 0.346. The number of carbonyl (C=O) groups excluding carboxylic acids is 1. The van der Waals surface area contributed by atoms with E-state index in [0.717, 1.165) is 24.8 Å². The van der Waals surface area contributed by atoms with Gasteiger partial charge in [-0.3, -0.25) is 4.79 Å². The molecule has 2 heterocycles. The van der Waals surface area contributed by atoms with Crippen LogP contribution in [0.15, 0.2) is 61.2 Å². The van der Waals surface area contributed by atoms with Gasteiger partial charge in [0.1, 0.15) is 0 Å². The van der Waals surface area contributed by atoms with E-state index < -0.39 is 0 Å². The van der Waals surface area contributed by atoms with Crippen molar-refractivity contribution in [1.29, 1.82) is 5.26 Å². The Labute approximate surface area is 188 Å². The number of aliphatic hydroxyl groups is 1. The van der Waals surface area contributed by atoms with Crippen molar-refractivity contribution in [2.45, 2.75) is 32.7 Å². The summed E-state index contributed by atoms with van der Waals surface area (Å²) < 4.78 is 1.86. The third-order valence-electron chi connectivity index (χ3n) is 6.54. The summed E-state index contributed by atoms with van der Waals surface area (Å²) in [4.78, 5) is 19.4. The van der Waals surface area contributed by atoms with Crippen LogP contribution in [0.1, 0.15) is 45.5 Å². The Morgan fingerprint density at radius 1 is 1.22 bits per heavy atom. The van der Waals surface area contributed by atoms with Crippen LogP contribution < -0.4 is 0 Å². The number of carbonyl (C=O) groups is 1. The van der Waals surface area contributed by atoms with Crippen LogP contribution in [0.2, 0.25) is 0 Å². The van der Waals surface area contributed by atoms with Crippen LogP contribution in [-0.4, -0.2) is 45.2 Å². The van der Waals surface area contributed by atoms with Gasteiger partial charge in [-0.25, -0.2) is 4.98 Å². The molecule has 0 aliphatic carbocycles. The number of aliphatic hydroxyl groups excluding tert-OH is 1.